The van der Waals surface area contributed by atoms with Gasteiger partial charge in [-0.15, -0.1) is 0 Å². The van der Waals surface area contributed by atoms with Crippen molar-refractivity contribution >= 4 is 5.91 Å². The Balaban J connectivity index is 1.77. The number of nitrogens with zero attached hydrogens (tertiary/aromatic N) is 3. The molecule has 1 unspecified atom stereocenters. The number of amides is 1. The maximum atomic E-state index is 13.5. The van der Waals surface area contributed by atoms with Crippen LogP contribution in [0.15, 0.2) is 54.7 Å². The first kappa shape index (κ1) is 18.2. The molecule has 3 aromatic rings. The van der Waals surface area contributed by atoms with Gasteiger partial charge in [-0.1, -0.05) is 36.4 Å². The predicted molar refractivity (Wildman–Crippen MR) is 107 cm³/mol. The number of hydrogen-bond acceptors (Lipinski definition) is 4. The topological polar surface area (TPSA) is 55.3 Å². The molecule has 0 aliphatic carbocycles. The average molecular weight is 373 g/mol. The summed E-state index contributed by atoms with van der Waals surface area (Å²) in [5, 5.41) is 0. The summed E-state index contributed by atoms with van der Waals surface area (Å²) in [6, 6.07) is 16.3. The number of carbonyl (C=O) groups excluding carboxylic acids is 1. The molecule has 0 saturated heterocycles. The van der Waals surface area contributed by atoms with E-state index in [9.17, 15) is 4.79 Å². The maximum Gasteiger partial charge on any atom is 0.258 e. The van der Waals surface area contributed by atoms with E-state index in [1.807, 2.05) is 49.1 Å². The zero-order valence-electron chi connectivity index (χ0n) is 16.3. The first-order valence-electron chi connectivity index (χ1n) is 9.38. The van der Waals surface area contributed by atoms with Gasteiger partial charge in [0.25, 0.3) is 5.91 Å². The molecule has 4 rings (SSSR count). The van der Waals surface area contributed by atoms with Crippen molar-refractivity contribution in [2.45, 2.75) is 32.9 Å². The maximum absolute atomic E-state index is 13.5. The van der Waals surface area contributed by atoms with Crippen molar-refractivity contribution in [2.24, 2.45) is 0 Å². The summed E-state index contributed by atoms with van der Waals surface area (Å²) in [6.45, 7) is 4.22. The van der Waals surface area contributed by atoms with Crippen LogP contribution in [0.25, 0.3) is 0 Å². The number of aromatic nitrogens is 2. The molecule has 0 fully saturated rings. The summed E-state index contributed by atoms with van der Waals surface area (Å²) >= 11 is 0. The van der Waals surface area contributed by atoms with E-state index in [4.69, 9.17) is 4.74 Å². The first-order chi connectivity index (χ1) is 13.6. The fraction of sp³-hybridized carbons (Fsp3) is 0.261. The van der Waals surface area contributed by atoms with Crippen LogP contribution in [-0.4, -0.2) is 27.9 Å². The monoisotopic (exact) mass is 373 g/mol. The Hall–Kier alpha value is -3.21. The Morgan fingerprint density at radius 1 is 1.11 bits per heavy atom. The van der Waals surface area contributed by atoms with E-state index in [2.05, 4.69) is 28.2 Å². The molecule has 2 aromatic carbocycles. The lowest BCUT2D eigenvalue weighted by Crippen LogP contribution is -2.39. The van der Waals surface area contributed by atoms with Gasteiger partial charge in [0.2, 0.25) is 0 Å². The third kappa shape index (κ3) is 3.36. The number of fused-ring (bicyclic) bond motifs is 1. The second kappa shape index (κ2) is 7.43. The Morgan fingerprint density at radius 3 is 2.61 bits per heavy atom. The van der Waals surface area contributed by atoms with Crippen molar-refractivity contribution in [3.05, 3.63) is 88.5 Å². The highest BCUT2D eigenvalue weighted by atomic mass is 16.5. The molecular weight excluding hydrogens is 350 g/mol. The van der Waals surface area contributed by atoms with Crippen LogP contribution in [0.1, 0.15) is 44.6 Å². The van der Waals surface area contributed by atoms with Gasteiger partial charge < -0.3 is 9.64 Å². The number of rotatable bonds is 3. The number of benzene rings is 2. The molecule has 0 saturated carbocycles. The van der Waals surface area contributed by atoms with Gasteiger partial charge >= 0.3 is 0 Å². The van der Waals surface area contributed by atoms with Crippen LogP contribution in [0, 0.1) is 13.8 Å². The molecule has 2 heterocycles. The fourth-order valence-electron chi connectivity index (χ4n) is 3.82. The van der Waals surface area contributed by atoms with Crippen LogP contribution < -0.4 is 4.74 Å². The van der Waals surface area contributed by atoms with Gasteiger partial charge in [-0.3, -0.25) is 4.79 Å². The first-order valence-corrected chi connectivity index (χ1v) is 9.38. The molecule has 1 aromatic heterocycles. The summed E-state index contributed by atoms with van der Waals surface area (Å²) < 4.78 is 5.38. The third-order valence-electron chi connectivity index (χ3n) is 5.32. The Kier molecular flexibility index (Phi) is 4.82. The number of hydrogen-bond donors (Lipinski definition) is 0. The fourth-order valence-corrected chi connectivity index (χ4v) is 3.82. The SMILES string of the molecule is COc1ccc2c(c1)CN(C(=O)c1cnc(C)nc1C)C(c1ccccc1)C2. The van der Waals surface area contributed by atoms with Gasteiger partial charge in [0, 0.05) is 12.7 Å². The molecule has 1 aliphatic heterocycles. The number of methoxy groups -OCH3 is 1. The zero-order chi connectivity index (χ0) is 19.7. The summed E-state index contributed by atoms with van der Waals surface area (Å²) in [5.41, 5.74) is 4.75. The van der Waals surface area contributed by atoms with Crippen LogP contribution in [0.3, 0.4) is 0 Å². The standard InChI is InChI=1S/C23H23N3O2/c1-15-21(13-24-16(2)25-15)23(27)26-14-19-11-20(28-3)10-9-18(19)12-22(26)17-7-5-4-6-8-17/h4-11,13,22H,12,14H2,1-3H3. The minimum Gasteiger partial charge on any atom is -0.497 e. The van der Waals surface area contributed by atoms with Crippen LogP contribution in [0.5, 0.6) is 5.75 Å². The van der Waals surface area contributed by atoms with Crippen molar-refractivity contribution in [1.82, 2.24) is 14.9 Å². The molecule has 142 valence electrons. The van der Waals surface area contributed by atoms with Crippen LogP contribution in [0.4, 0.5) is 0 Å². The van der Waals surface area contributed by atoms with E-state index in [0.717, 1.165) is 23.3 Å². The molecule has 0 N–H and O–H groups in total. The van der Waals surface area contributed by atoms with Gasteiger partial charge in [-0.2, -0.15) is 0 Å². The van der Waals surface area contributed by atoms with E-state index < -0.39 is 0 Å². The highest BCUT2D eigenvalue weighted by Crippen LogP contribution is 2.36. The van der Waals surface area contributed by atoms with Gasteiger partial charge in [-0.25, -0.2) is 9.97 Å². The number of carbonyl (C=O) groups is 1. The minimum absolute atomic E-state index is 0.0321. The number of ether oxygens (including phenoxy) is 1. The lowest BCUT2D eigenvalue weighted by molar-refractivity contribution is 0.0635. The molecule has 5 heteroatoms. The normalized spacial score (nSPS) is 15.8. The van der Waals surface area contributed by atoms with Crippen LogP contribution in [0.2, 0.25) is 0 Å². The second-order valence-electron chi connectivity index (χ2n) is 7.11. The van der Waals surface area contributed by atoms with Crippen molar-refractivity contribution in [3.63, 3.8) is 0 Å². The Morgan fingerprint density at radius 2 is 1.89 bits per heavy atom. The summed E-state index contributed by atoms with van der Waals surface area (Å²) in [5.74, 6) is 1.43. The van der Waals surface area contributed by atoms with Gasteiger partial charge in [0.05, 0.1) is 24.4 Å². The third-order valence-corrected chi connectivity index (χ3v) is 5.32. The lowest BCUT2D eigenvalue weighted by atomic mass is 9.89. The van der Waals surface area contributed by atoms with Crippen LogP contribution in [-0.2, 0) is 13.0 Å². The average Bonchev–Trinajstić information content (AvgIpc) is 2.72. The van der Waals surface area contributed by atoms with E-state index in [1.54, 1.807) is 13.3 Å². The van der Waals surface area contributed by atoms with E-state index in [0.29, 0.717) is 23.6 Å². The lowest BCUT2D eigenvalue weighted by Gasteiger charge is -2.37. The zero-order valence-corrected chi connectivity index (χ0v) is 16.3. The van der Waals surface area contributed by atoms with E-state index in [-0.39, 0.29) is 11.9 Å². The van der Waals surface area contributed by atoms with Gasteiger partial charge in [0.15, 0.2) is 0 Å². The predicted octanol–water partition coefficient (Wildman–Crippen LogP) is 4.04. The largest absolute Gasteiger partial charge is 0.497 e. The molecule has 1 atom stereocenters. The van der Waals surface area contributed by atoms with Gasteiger partial charge in [0.1, 0.15) is 11.6 Å². The molecular formula is C23H23N3O2. The second-order valence-corrected chi connectivity index (χ2v) is 7.11. The highest BCUT2D eigenvalue weighted by Gasteiger charge is 2.32. The van der Waals surface area contributed by atoms with Crippen molar-refractivity contribution in [2.75, 3.05) is 7.11 Å². The van der Waals surface area contributed by atoms with Gasteiger partial charge in [-0.05, 0) is 49.1 Å². The molecule has 28 heavy (non-hydrogen) atoms. The van der Waals surface area contributed by atoms with Crippen molar-refractivity contribution in [1.29, 1.82) is 0 Å². The molecule has 0 bridgehead atoms. The van der Waals surface area contributed by atoms with E-state index >= 15 is 0 Å². The summed E-state index contributed by atoms with van der Waals surface area (Å²) in [7, 11) is 1.66. The van der Waals surface area contributed by atoms with E-state index in [1.165, 1.54) is 5.56 Å². The quantitative estimate of drug-likeness (QED) is 0.695. The molecule has 0 radical (unpaired) electrons. The smallest absolute Gasteiger partial charge is 0.258 e. The molecule has 5 nitrogen and oxygen atoms in total. The van der Waals surface area contributed by atoms with Crippen molar-refractivity contribution < 1.29 is 9.53 Å². The molecule has 1 aliphatic rings. The summed E-state index contributed by atoms with van der Waals surface area (Å²) in [4.78, 5) is 24.1. The minimum atomic E-state index is -0.0418. The Labute approximate surface area is 165 Å². The number of aryl methyl sites for hydroxylation is 2. The summed E-state index contributed by atoms with van der Waals surface area (Å²) in [6.07, 6.45) is 2.41. The Bertz CT molecular complexity index is 1020. The van der Waals surface area contributed by atoms with Crippen LogP contribution >= 0.6 is 0 Å². The highest BCUT2D eigenvalue weighted by molar-refractivity contribution is 5.95. The molecule has 1 amide bonds. The molecule has 0 spiro atoms. The van der Waals surface area contributed by atoms with Crippen molar-refractivity contribution in [3.8, 4) is 5.75 Å².